The third kappa shape index (κ3) is 5.21. The molecule has 0 radical (unpaired) electrons. The van der Waals surface area contributed by atoms with Crippen molar-refractivity contribution in [1.82, 2.24) is 10.2 Å². The standard InChI is InChI=1S/C20H29N3O3/c24-19(21-11-7-14-22-12-5-1-2-6-13-22)10-15-23-17-8-3-4-9-18(17)26-16-20(23)25/h3-4,8-9H,1-2,5-7,10-16H2,(H,21,24). The molecule has 2 amide bonds. The number of hydrogen-bond acceptors (Lipinski definition) is 4. The summed E-state index contributed by atoms with van der Waals surface area (Å²) in [6.07, 6.45) is 6.56. The number of carbonyl (C=O) groups is 2. The molecular formula is C20H29N3O3. The molecular weight excluding hydrogens is 330 g/mol. The monoisotopic (exact) mass is 359 g/mol. The minimum atomic E-state index is -0.0994. The van der Waals surface area contributed by atoms with Gasteiger partial charge in [0.1, 0.15) is 5.75 Å². The third-order valence-electron chi connectivity index (χ3n) is 5.04. The Morgan fingerprint density at radius 2 is 1.85 bits per heavy atom. The lowest BCUT2D eigenvalue weighted by atomic mass is 10.2. The Bertz CT molecular complexity index is 612. The van der Waals surface area contributed by atoms with Gasteiger partial charge < -0.3 is 19.9 Å². The van der Waals surface area contributed by atoms with Crippen LogP contribution in [0.2, 0.25) is 0 Å². The smallest absolute Gasteiger partial charge is 0.265 e. The Hall–Kier alpha value is -2.08. The second kappa shape index (κ2) is 9.57. The average molecular weight is 359 g/mol. The lowest BCUT2D eigenvalue weighted by Gasteiger charge is -2.29. The third-order valence-corrected chi connectivity index (χ3v) is 5.04. The summed E-state index contributed by atoms with van der Waals surface area (Å²) < 4.78 is 5.42. The highest BCUT2D eigenvalue weighted by molar-refractivity contribution is 5.98. The normalized spacial score (nSPS) is 18.0. The van der Waals surface area contributed by atoms with E-state index in [1.807, 2.05) is 24.3 Å². The van der Waals surface area contributed by atoms with E-state index >= 15 is 0 Å². The van der Waals surface area contributed by atoms with Gasteiger partial charge >= 0.3 is 0 Å². The molecule has 1 aromatic carbocycles. The molecule has 1 fully saturated rings. The van der Waals surface area contributed by atoms with Crippen LogP contribution >= 0.6 is 0 Å². The maximum atomic E-state index is 12.1. The Balaban J connectivity index is 1.37. The lowest BCUT2D eigenvalue weighted by Crippen LogP contribution is -2.41. The maximum absolute atomic E-state index is 12.1. The van der Waals surface area contributed by atoms with Gasteiger partial charge in [0.25, 0.3) is 5.91 Å². The van der Waals surface area contributed by atoms with E-state index in [2.05, 4.69) is 10.2 Å². The van der Waals surface area contributed by atoms with Crippen molar-refractivity contribution in [1.29, 1.82) is 0 Å². The number of hydrogen-bond donors (Lipinski definition) is 1. The molecule has 0 aromatic heterocycles. The van der Waals surface area contributed by atoms with Gasteiger partial charge in [-0.1, -0.05) is 25.0 Å². The summed E-state index contributed by atoms with van der Waals surface area (Å²) in [5, 5.41) is 2.98. The largest absolute Gasteiger partial charge is 0.482 e. The number of para-hydroxylation sites is 2. The number of ether oxygens (including phenoxy) is 1. The molecule has 2 aliphatic rings. The SMILES string of the molecule is O=C(CCN1C(=O)COc2ccccc21)NCCCN1CCCCCC1. The molecule has 0 atom stereocenters. The van der Waals surface area contributed by atoms with Crippen LogP contribution in [0.25, 0.3) is 0 Å². The van der Waals surface area contributed by atoms with Crippen LogP contribution < -0.4 is 15.0 Å². The molecule has 1 aromatic rings. The minimum absolute atomic E-state index is 0.00219. The van der Waals surface area contributed by atoms with Gasteiger partial charge in [0.05, 0.1) is 5.69 Å². The number of carbonyl (C=O) groups excluding carboxylic acids is 2. The van der Waals surface area contributed by atoms with Crippen LogP contribution in [-0.4, -0.2) is 56.0 Å². The fraction of sp³-hybridized carbons (Fsp3) is 0.600. The van der Waals surface area contributed by atoms with Gasteiger partial charge in [-0.3, -0.25) is 9.59 Å². The van der Waals surface area contributed by atoms with Crippen LogP contribution in [0.1, 0.15) is 38.5 Å². The summed E-state index contributed by atoms with van der Waals surface area (Å²) in [6, 6.07) is 7.45. The number of rotatable bonds is 7. The zero-order valence-electron chi connectivity index (χ0n) is 15.4. The van der Waals surface area contributed by atoms with Crippen molar-refractivity contribution >= 4 is 17.5 Å². The molecule has 2 aliphatic heterocycles. The number of benzene rings is 1. The van der Waals surface area contributed by atoms with Gasteiger partial charge in [-0.25, -0.2) is 0 Å². The average Bonchev–Trinajstić information content (AvgIpc) is 2.93. The molecule has 2 heterocycles. The molecule has 3 rings (SSSR count). The van der Waals surface area contributed by atoms with Crippen molar-refractivity contribution < 1.29 is 14.3 Å². The number of likely N-dealkylation sites (tertiary alicyclic amines) is 1. The molecule has 26 heavy (non-hydrogen) atoms. The molecule has 6 nitrogen and oxygen atoms in total. The second-order valence-corrected chi connectivity index (χ2v) is 7.01. The Morgan fingerprint density at radius 1 is 1.08 bits per heavy atom. The topological polar surface area (TPSA) is 61.9 Å². The molecule has 0 unspecified atom stereocenters. The first-order valence-electron chi connectivity index (χ1n) is 9.75. The van der Waals surface area contributed by atoms with Crippen molar-refractivity contribution in [3.63, 3.8) is 0 Å². The van der Waals surface area contributed by atoms with Gasteiger partial charge in [-0.2, -0.15) is 0 Å². The number of fused-ring (bicyclic) bond motifs is 1. The zero-order chi connectivity index (χ0) is 18.2. The molecule has 142 valence electrons. The summed E-state index contributed by atoms with van der Waals surface area (Å²) in [5.41, 5.74) is 0.748. The highest BCUT2D eigenvalue weighted by atomic mass is 16.5. The fourth-order valence-electron chi connectivity index (χ4n) is 3.59. The van der Waals surface area contributed by atoms with Crippen LogP contribution in [0.4, 0.5) is 5.69 Å². The fourth-order valence-corrected chi connectivity index (χ4v) is 3.59. The summed E-state index contributed by atoms with van der Waals surface area (Å²) >= 11 is 0. The predicted molar refractivity (Wildman–Crippen MR) is 101 cm³/mol. The lowest BCUT2D eigenvalue weighted by molar-refractivity contribution is -0.122. The van der Waals surface area contributed by atoms with E-state index in [1.165, 1.54) is 38.8 Å². The van der Waals surface area contributed by atoms with Crippen molar-refractivity contribution in [3.05, 3.63) is 24.3 Å². The number of amides is 2. The highest BCUT2D eigenvalue weighted by Gasteiger charge is 2.25. The van der Waals surface area contributed by atoms with E-state index in [0.717, 1.165) is 18.7 Å². The van der Waals surface area contributed by atoms with Crippen molar-refractivity contribution in [2.24, 2.45) is 0 Å². The molecule has 0 saturated carbocycles. The van der Waals surface area contributed by atoms with Crippen LogP contribution in [0.5, 0.6) is 5.75 Å². The van der Waals surface area contributed by atoms with Gasteiger partial charge in [0.2, 0.25) is 5.91 Å². The van der Waals surface area contributed by atoms with Crippen LogP contribution in [0, 0.1) is 0 Å². The first-order valence-corrected chi connectivity index (χ1v) is 9.75. The van der Waals surface area contributed by atoms with E-state index in [9.17, 15) is 9.59 Å². The van der Waals surface area contributed by atoms with Crippen molar-refractivity contribution in [3.8, 4) is 5.75 Å². The first kappa shape index (κ1) is 18.7. The minimum Gasteiger partial charge on any atom is -0.482 e. The summed E-state index contributed by atoms with van der Waals surface area (Å²) in [6.45, 7) is 4.54. The van der Waals surface area contributed by atoms with Crippen LogP contribution in [-0.2, 0) is 9.59 Å². The van der Waals surface area contributed by atoms with E-state index in [1.54, 1.807) is 4.90 Å². The van der Waals surface area contributed by atoms with Crippen molar-refractivity contribution in [2.75, 3.05) is 44.2 Å². The number of nitrogens with zero attached hydrogens (tertiary/aromatic N) is 2. The van der Waals surface area contributed by atoms with E-state index in [0.29, 0.717) is 25.3 Å². The molecule has 1 N–H and O–H groups in total. The van der Waals surface area contributed by atoms with Crippen LogP contribution in [0.15, 0.2) is 24.3 Å². The molecule has 0 spiro atoms. The highest BCUT2D eigenvalue weighted by Crippen LogP contribution is 2.31. The number of nitrogens with one attached hydrogen (secondary N) is 1. The molecule has 0 aliphatic carbocycles. The van der Waals surface area contributed by atoms with E-state index in [4.69, 9.17) is 4.74 Å². The summed E-state index contributed by atoms with van der Waals surface area (Å²) in [4.78, 5) is 28.4. The quantitative estimate of drug-likeness (QED) is 0.758. The Kier molecular flexibility index (Phi) is 6.89. The van der Waals surface area contributed by atoms with Gasteiger partial charge in [0.15, 0.2) is 6.61 Å². The van der Waals surface area contributed by atoms with E-state index < -0.39 is 0 Å². The predicted octanol–water partition coefficient (Wildman–Crippen LogP) is 2.18. The van der Waals surface area contributed by atoms with Crippen LogP contribution in [0.3, 0.4) is 0 Å². The van der Waals surface area contributed by atoms with E-state index in [-0.39, 0.29) is 18.4 Å². The molecule has 6 heteroatoms. The Morgan fingerprint density at radius 3 is 2.65 bits per heavy atom. The molecule has 1 saturated heterocycles. The second-order valence-electron chi connectivity index (χ2n) is 7.01. The van der Waals surface area contributed by atoms with Crippen molar-refractivity contribution in [2.45, 2.75) is 38.5 Å². The van der Waals surface area contributed by atoms with Gasteiger partial charge in [-0.15, -0.1) is 0 Å². The van der Waals surface area contributed by atoms with Gasteiger partial charge in [0, 0.05) is 19.5 Å². The zero-order valence-corrected chi connectivity index (χ0v) is 15.4. The number of anilines is 1. The Labute approximate surface area is 155 Å². The van der Waals surface area contributed by atoms with Gasteiger partial charge in [-0.05, 0) is 51.0 Å². The summed E-state index contributed by atoms with van der Waals surface area (Å²) in [5.74, 6) is 0.597. The first-order chi connectivity index (χ1) is 12.7. The maximum Gasteiger partial charge on any atom is 0.265 e. The summed E-state index contributed by atoms with van der Waals surface area (Å²) in [7, 11) is 0. The molecule has 0 bridgehead atoms.